The van der Waals surface area contributed by atoms with Crippen molar-refractivity contribution >= 4 is 34.8 Å². The van der Waals surface area contributed by atoms with E-state index in [1.165, 1.54) is 0 Å². The highest BCUT2D eigenvalue weighted by Crippen LogP contribution is 2.31. The van der Waals surface area contributed by atoms with Crippen molar-refractivity contribution < 1.29 is 9.59 Å². The molecule has 0 saturated heterocycles. The molecule has 25 heavy (non-hydrogen) atoms. The monoisotopic (exact) mass is 357 g/mol. The molecule has 2 aromatic rings. The molecule has 3 rings (SSSR count). The van der Waals surface area contributed by atoms with Crippen LogP contribution in [0.25, 0.3) is 0 Å². The number of nitrogens with zero attached hydrogens (tertiary/aromatic N) is 1. The van der Waals surface area contributed by atoms with Gasteiger partial charge in [0.15, 0.2) is 0 Å². The summed E-state index contributed by atoms with van der Waals surface area (Å²) < 4.78 is 0. The van der Waals surface area contributed by atoms with Crippen LogP contribution in [0.15, 0.2) is 42.5 Å². The van der Waals surface area contributed by atoms with Gasteiger partial charge in [0.05, 0.1) is 12.6 Å². The lowest BCUT2D eigenvalue weighted by Gasteiger charge is -2.30. The van der Waals surface area contributed by atoms with Gasteiger partial charge in [0.2, 0.25) is 11.8 Å². The molecule has 0 radical (unpaired) electrons. The van der Waals surface area contributed by atoms with Crippen molar-refractivity contribution in [1.29, 1.82) is 0 Å². The van der Waals surface area contributed by atoms with E-state index in [1.807, 2.05) is 36.4 Å². The van der Waals surface area contributed by atoms with Crippen LogP contribution in [0.5, 0.6) is 0 Å². The first-order valence-electron chi connectivity index (χ1n) is 8.18. The zero-order valence-corrected chi connectivity index (χ0v) is 14.7. The summed E-state index contributed by atoms with van der Waals surface area (Å²) in [4.78, 5) is 25.9. The Kier molecular flexibility index (Phi) is 5.06. The molecule has 5 nitrogen and oxygen atoms in total. The minimum Gasteiger partial charge on any atom is -0.325 e. The van der Waals surface area contributed by atoms with Crippen LogP contribution >= 0.6 is 11.6 Å². The molecule has 6 heteroatoms. The SMILES string of the molecule is C[C@H](N)C(=O)Nc1ccc2c(c1)CCC(=O)N2Cc1ccc(Cl)cc1. The maximum absolute atomic E-state index is 12.4. The summed E-state index contributed by atoms with van der Waals surface area (Å²) in [5, 5.41) is 3.46. The van der Waals surface area contributed by atoms with E-state index < -0.39 is 6.04 Å². The minimum absolute atomic E-state index is 0.0924. The molecule has 3 N–H and O–H groups in total. The van der Waals surface area contributed by atoms with Crippen LogP contribution in [0.3, 0.4) is 0 Å². The van der Waals surface area contributed by atoms with E-state index in [9.17, 15) is 9.59 Å². The van der Waals surface area contributed by atoms with Gasteiger partial charge in [-0.15, -0.1) is 0 Å². The van der Waals surface area contributed by atoms with Crippen molar-refractivity contribution in [3.05, 3.63) is 58.6 Å². The quantitative estimate of drug-likeness (QED) is 0.882. The molecule has 130 valence electrons. The molecule has 0 aromatic heterocycles. The molecule has 1 heterocycles. The second-order valence-electron chi connectivity index (χ2n) is 6.23. The number of carbonyl (C=O) groups is 2. The summed E-state index contributed by atoms with van der Waals surface area (Å²) in [5.74, 6) is -0.139. The third kappa shape index (κ3) is 4.00. The van der Waals surface area contributed by atoms with Gasteiger partial charge in [0, 0.05) is 22.8 Å². The predicted octanol–water partition coefficient (Wildman–Crippen LogP) is 3.11. The third-order valence-electron chi connectivity index (χ3n) is 4.21. The van der Waals surface area contributed by atoms with Gasteiger partial charge in [-0.25, -0.2) is 0 Å². The summed E-state index contributed by atoms with van der Waals surface area (Å²) in [6.07, 6.45) is 1.11. The first-order chi connectivity index (χ1) is 11.9. The number of carbonyl (C=O) groups excluding carboxylic acids is 2. The summed E-state index contributed by atoms with van der Waals surface area (Å²) in [5.41, 5.74) is 9.21. The molecule has 2 aromatic carbocycles. The van der Waals surface area contributed by atoms with Crippen LogP contribution in [-0.2, 0) is 22.6 Å². The van der Waals surface area contributed by atoms with E-state index in [4.69, 9.17) is 17.3 Å². The van der Waals surface area contributed by atoms with E-state index in [0.717, 1.165) is 16.8 Å². The molecule has 1 atom stereocenters. The largest absolute Gasteiger partial charge is 0.325 e. The van der Waals surface area contributed by atoms with Gasteiger partial charge in [0.25, 0.3) is 0 Å². The first kappa shape index (κ1) is 17.5. The van der Waals surface area contributed by atoms with Crippen LogP contribution < -0.4 is 16.0 Å². The maximum atomic E-state index is 12.4. The number of fused-ring (bicyclic) bond motifs is 1. The molecule has 0 bridgehead atoms. The number of anilines is 2. The van der Waals surface area contributed by atoms with Gasteiger partial charge < -0.3 is 16.0 Å². The van der Waals surface area contributed by atoms with E-state index in [-0.39, 0.29) is 11.8 Å². The molecule has 2 amide bonds. The number of hydrogen-bond acceptors (Lipinski definition) is 3. The van der Waals surface area contributed by atoms with E-state index in [0.29, 0.717) is 30.1 Å². The summed E-state index contributed by atoms with van der Waals surface area (Å²) >= 11 is 5.92. The summed E-state index contributed by atoms with van der Waals surface area (Å²) in [7, 11) is 0. The Hall–Kier alpha value is -2.37. The van der Waals surface area contributed by atoms with Gasteiger partial charge in [-0.1, -0.05) is 23.7 Å². The number of nitrogens with two attached hydrogens (primary N) is 1. The maximum Gasteiger partial charge on any atom is 0.240 e. The summed E-state index contributed by atoms with van der Waals surface area (Å²) in [6, 6.07) is 12.5. The highest BCUT2D eigenvalue weighted by Gasteiger charge is 2.24. The molecular formula is C19H20ClN3O2. The van der Waals surface area contributed by atoms with Crippen LogP contribution in [-0.4, -0.2) is 17.9 Å². The standard InChI is InChI=1S/C19H20ClN3O2/c1-12(21)19(25)22-16-7-8-17-14(10-16)4-9-18(24)23(17)11-13-2-5-15(20)6-3-13/h2-3,5-8,10,12H,4,9,11,21H2,1H3,(H,22,25)/t12-/m0/s1. The Morgan fingerprint density at radius 2 is 1.96 bits per heavy atom. The highest BCUT2D eigenvalue weighted by molar-refractivity contribution is 6.30. The number of aryl methyl sites for hydroxylation is 1. The van der Waals surface area contributed by atoms with Crippen molar-refractivity contribution in [3.8, 4) is 0 Å². The smallest absolute Gasteiger partial charge is 0.240 e. The van der Waals surface area contributed by atoms with Crippen molar-refractivity contribution in [2.75, 3.05) is 10.2 Å². The van der Waals surface area contributed by atoms with E-state index >= 15 is 0 Å². The molecule has 1 aliphatic rings. The van der Waals surface area contributed by atoms with Gasteiger partial charge in [0.1, 0.15) is 0 Å². The van der Waals surface area contributed by atoms with E-state index in [2.05, 4.69) is 5.32 Å². The molecule has 0 aliphatic carbocycles. The second kappa shape index (κ2) is 7.25. The highest BCUT2D eigenvalue weighted by atomic mass is 35.5. The molecule has 0 fully saturated rings. The Balaban J connectivity index is 1.84. The van der Waals surface area contributed by atoms with Crippen molar-refractivity contribution in [3.63, 3.8) is 0 Å². The van der Waals surface area contributed by atoms with Crippen LogP contribution in [0.4, 0.5) is 11.4 Å². The number of amides is 2. The lowest BCUT2D eigenvalue weighted by atomic mass is 9.99. The Bertz CT molecular complexity index is 803. The number of halogens is 1. The zero-order chi connectivity index (χ0) is 18.0. The van der Waals surface area contributed by atoms with Gasteiger partial charge in [-0.2, -0.15) is 0 Å². The summed E-state index contributed by atoms with van der Waals surface area (Å²) in [6.45, 7) is 2.13. The third-order valence-corrected chi connectivity index (χ3v) is 4.47. The molecule has 0 saturated carbocycles. The van der Waals surface area contributed by atoms with Gasteiger partial charge in [-0.3, -0.25) is 9.59 Å². The number of rotatable bonds is 4. The number of nitrogens with one attached hydrogen (secondary N) is 1. The Labute approximate surface area is 151 Å². The fourth-order valence-corrected chi connectivity index (χ4v) is 2.97. The first-order valence-corrected chi connectivity index (χ1v) is 8.56. The average Bonchev–Trinajstić information content (AvgIpc) is 2.59. The molecule has 0 spiro atoms. The molecular weight excluding hydrogens is 338 g/mol. The number of benzene rings is 2. The zero-order valence-electron chi connectivity index (χ0n) is 14.0. The Morgan fingerprint density at radius 3 is 2.64 bits per heavy atom. The fraction of sp³-hybridized carbons (Fsp3) is 0.263. The van der Waals surface area contributed by atoms with Crippen LogP contribution in [0.2, 0.25) is 5.02 Å². The number of hydrogen-bond donors (Lipinski definition) is 2. The lowest BCUT2D eigenvalue weighted by molar-refractivity contribution is -0.119. The second-order valence-corrected chi connectivity index (χ2v) is 6.66. The fourth-order valence-electron chi connectivity index (χ4n) is 2.84. The van der Waals surface area contributed by atoms with Crippen LogP contribution in [0, 0.1) is 0 Å². The topological polar surface area (TPSA) is 75.4 Å². The predicted molar refractivity (Wildman–Crippen MR) is 99.7 cm³/mol. The van der Waals surface area contributed by atoms with Crippen molar-refractivity contribution in [2.24, 2.45) is 5.73 Å². The molecule has 1 aliphatic heterocycles. The van der Waals surface area contributed by atoms with E-state index in [1.54, 1.807) is 17.9 Å². The minimum atomic E-state index is -0.570. The Morgan fingerprint density at radius 1 is 1.24 bits per heavy atom. The van der Waals surface area contributed by atoms with Gasteiger partial charge >= 0.3 is 0 Å². The lowest BCUT2D eigenvalue weighted by Crippen LogP contribution is -2.35. The van der Waals surface area contributed by atoms with Crippen molar-refractivity contribution in [2.45, 2.75) is 32.4 Å². The van der Waals surface area contributed by atoms with Crippen LogP contribution in [0.1, 0.15) is 24.5 Å². The molecule has 0 unspecified atom stereocenters. The average molecular weight is 358 g/mol. The van der Waals surface area contributed by atoms with Crippen molar-refractivity contribution in [1.82, 2.24) is 0 Å². The van der Waals surface area contributed by atoms with Gasteiger partial charge in [-0.05, 0) is 54.8 Å². The normalized spacial score (nSPS) is 14.8.